The van der Waals surface area contributed by atoms with E-state index < -0.39 is 11.9 Å². The Labute approximate surface area is 171 Å². The van der Waals surface area contributed by atoms with E-state index in [1.165, 1.54) is 7.11 Å². The Morgan fingerprint density at radius 1 is 1.11 bits per heavy atom. The first-order valence-electron chi connectivity index (χ1n) is 8.90. The molecule has 0 bridgehead atoms. The van der Waals surface area contributed by atoms with Gasteiger partial charge in [-0.25, -0.2) is 0 Å². The maximum atomic E-state index is 12.1. The molecule has 0 unspecified atom stereocenters. The van der Waals surface area contributed by atoms with E-state index in [-0.39, 0.29) is 24.4 Å². The first-order chi connectivity index (χ1) is 13.0. The zero-order valence-electron chi connectivity index (χ0n) is 16.0. The lowest BCUT2D eigenvalue weighted by Crippen LogP contribution is -2.34. The lowest BCUT2D eigenvalue weighted by Gasteiger charge is -2.20. The molecule has 2 N–H and O–H groups in total. The molecule has 1 heterocycles. The standard InChI is InChI=1S/C21H24N2O4.ClH/c1-23-17(11-19(20(23)24)21(25)26-2)13-27-18-9-7-16(8-10-18)15-5-3-14(12-22)4-6-15;/h3-10,17,19H,11-13,22H2,1-2H3;1H/t17-,19-;/m0./s1. The Kier molecular flexibility index (Phi) is 7.43. The summed E-state index contributed by atoms with van der Waals surface area (Å²) in [5.74, 6) is -0.710. The fourth-order valence-corrected chi connectivity index (χ4v) is 3.25. The van der Waals surface area contributed by atoms with Crippen LogP contribution in [0.2, 0.25) is 0 Å². The largest absolute Gasteiger partial charge is 0.491 e. The van der Waals surface area contributed by atoms with Crippen LogP contribution in [0.1, 0.15) is 12.0 Å². The maximum absolute atomic E-state index is 12.1. The number of hydrogen-bond donors (Lipinski definition) is 1. The molecular weight excluding hydrogens is 380 g/mol. The molecule has 0 spiro atoms. The highest BCUT2D eigenvalue weighted by molar-refractivity contribution is 5.99. The van der Waals surface area contributed by atoms with Crippen molar-refractivity contribution < 1.29 is 19.1 Å². The molecule has 0 aromatic heterocycles. The number of nitrogens with zero attached hydrogens (tertiary/aromatic N) is 1. The van der Waals surface area contributed by atoms with Gasteiger partial charge in [-0.2, -0.15) is 0 Å². The zero-order chi connectivity index (χ0) is 19.4. The minimum atomic E-state index is -0.729. The third-order valence-electron chi connectivity index (χ3n) is 5.01. The monoisotopic (exact) mass is 404 g/mol. The molecule has 2 aromatic rings. The molecule has 0 aliphatic carbocycles. The number of benzene rings is 2. The number of esters is 1. The number of hydrogen-bond acceptors (Lipinski definition) is 5. The molecule has 0 radical (unpaired) electrons. The van der Waals surface area contributed by atoms with Crippen molar-refractivity contribution in [1.29, 1.82) is 0 Å². The van der Waals surface area contributed by atoms with Crippen molar-refractivity contribution in [3.63, 3.8) is 0 Å². The fourth-order valence-electron chi connectivity index (χ4n) is 3.25. The van der Waals surface area contributed by atoms with E-state index in [0.717, 1.165) is 22.4 Å². The zero-order valence-corrected chi connectivity index (χ0v) is 16.8. The van der Waals surface area contributed by atoms with Crippen LogP contribution in [0.4, 0.5) is 0 Å². The molecule has 1 fully saturated rings. The number of amides is 1. The summed E-state index contributed by atoms with van der Waals surface area (Å²) in [6, 6.07) is 15.8. The quantitative estimate of drug-likeness (QED) is 0.591. The first kappa shape index (κ1) is 21.7. The fraction of sp³-hybridized carbons (Fsp3) is 0.333. The van der Waals surface area contributed by atoms with Crippen molar-refractivity contribution in [2.24, 2.45) is 11.7 Å². The summed E-state index contributed by atoms with van der Waals surface area (Å²) in [4.78, 5) is 25.4. The SMILES string of the molecule is COC(=O)[C@H]1C[C@@H](COc2ccc(-c3ccc(CN)cc3)cc2)N(C)C1=O.Cl. The average Bonchev–Trinajstić information content (AvgIpc) is 3.00. The van der Waals surface area contributed by atoms with Crippen molar-refractivity contribution in [3.8, 4) is 16.9 Å². The van der Waals surface area contributed by atoms with Gasteiger partial charge in [-0.1, -0.05) is 36.4 Å². The Hall–Kier alpha value is -2.57. The van der Waals surface area contributed by atoms with E-state index >= 15 is 0 Å². The summed E-state index contributed by atoms with van der Waals surface area (Å²) in [5, 5.41) is 0. The minimum Gasteiger partial charge on any atom is -0.491 e. The lowest BCUT2D eigenvalue weighted by atomic mass is 10.0. The van der Waals surface area contributed by atoms with E-state index in [4.69, 9.17) is 15.2 Å². The number of nitrogens with two attached hydrogens (primary N) is 1. The summed E-state index contributed by atoms with van der Waals surface area (Å²) < 4.78 is 10.5. The highest BCUT2D eigenvalue weighted by atomic mass is 35.5. The van der Waals surface area contributed by atoms with Gasteiger partial charge in [0.1, 0.15) is 18.3 Å². The number of ether oxygens (including phenoxy) is 2. The first-order valence-corrected chi connectivity index (χ1v) is 8.90. The molecule has 1 amide bonds. The normalized spacial score (nSPS) is 18.5. The Morgan fingerprint density at radius 3 is 2.21 bits per heavy atom. The summed E-state index contributed by atoms with van der Waals surface area (Å²) >= 11 is 0. The van der Waals surface area contributed by atoms with Crippen molar-refractivity contribution >= 4 is 24.3 Å². The molecular formula is C21H25ClN2O4. The van der Waals surface area contributed by atoms with Crippen molar-refractivity contribution in [1.82, 2.24) is 4.90 Å². The van der Waals surface area contributed by atoms with E-state index in [2.05, 4.69) is 0 Å². The lowest BCUT2D eigenvalue weighted by molar-refractivity contribution is -0.150. The van der Waals surface area contributed by atoms with E-state index in [1.807, 2.05) is 48.5 Å². The van der Waals surface area contributed by atoms with Crippen LogP contribution in [-0.2, 0) is 20.9 Å². The number of carbonyl (C=O) groups excluding carboxylic acids is 2. The van der Waals surface area contributed by atoms with Gasteiger partial charge in [-0.15, -0.1) is 12.4 Å². The van der Waals surface area contributed by atoms with Crippen molar-refractivity contribution in [3.05, 3.63) is 54.1 Å². The van der Waals surface area contributed by atoms with Gasteiger partial charge in [0, 0.05) is 13.6 Å². The molecule has 150 valence electrons. The highest BCUT2D eigenvalue weighted by Gasteiger charge is 2.42. The van der Waals surface area contributed by atoms with Crippen LogP contribution in [0.25, 0.3) is 11.1 Å². The van der Waals surface area contributed by atoms with Gasteiger partial charge in [-0.05, 0) is 35.2 Å². The molecule has 1 aliphatic heterocycles. The van der Waals surface area contributed by atoms with E-state index in [9.17, 15) is 9.59 Å². The molecule has 7 heteroatoms. The van der Waals surface area contributed by atoms with Crippen LogP contribution in [0.15, 0.2) is 48.5 Å². The van der Waals surface area contributed by atoms with Crippen LogP contribution in [0.3, 0.4) is 0 Å². The highest BCUT2D eigenvalue weighted by Crippen LogP contribution is 2.26. The number of methoxy groups -OCH3 is 1. The van der Waals surface area contributed by atoms with Crippen LogP contribution in [0, 0.1) is 5.92 Å². The second kappa shape index (κ2) is 9.57. The smallest absolute Gasteiger partial charge is 0.318 e. The molecule has 0 saturated carbocycles. The Morgan fingerprint density at radius 2 is 1.68 bits per heavy atom. The summed E-state index contributed by atoms with van der Waals surface area (Å²) in [5.41, 5.74) is 8.92. The maximum Gasteiger partial charge on any atom is 0.318 e. The summed E-state index contributed by atoms with van der Waals surface area (Å²) in [7, 11) is 2.98. The topological polar surface area (TPSA) is 81.9 Å². The van der Waals surface area contributed by atoms with Crippen molar-refractivity contribution in [2.45, 2.75) is 19.0 Å². The predicted molar refractivity (Wildman–Crippen MR) is 109 cm³/mol. The second-order valence-corrected chi connectivity index (χ2v) is 6.65. The van der Waals surface area contributed by atoms with Crippen LogP contribution >= 0.6 is 12.4 Å². The van der Waals surface area contributed by atoms with Gasteiger partial charge in [0.25, 0.3) is 0 Å². The predicted octanol–water partition coefficient (Wildman–Crippen LogP) is 2.63. The number of carbonyl (C=O) groups is 2. The van der Waals surface area contributed by atoms with Gasteiger partial charge < -0.3 is 20.1 Å². The van der Waals surface area contributed by atoms with Crippen molar-refractivity contribution in [2.75, 3.05) is 20.8 Å². The Bertz CT molecular complexity index is 808. The third-order valence-corrected chi connectivity index (χ3v) is 5.01. The average molecular weight is 405 g/mol. The molecule has 28 heavy (non-hydrogen) atoms. The third kappa shape index (κ3) is 4.64. The summed E-state index contributed by atoms with van der Waals surface area (Å²) in [6.07, 6.45) is 0.410. The summed E-state index contributed by atoms with van der Waals surface area (Å²) in [6.45, 7) is 0.863. The molecule has 2 aromatic carbocycles. The molecule has 1 saturated heterocycles. The number of rotatable bonds is 6. The number of likely N-dealkylation sites (tertiary alicyclic amines) is 1. The van der Waals surface area contributed by atoms with E-state index in [1.54, 1.807) is 11.9 Å². The van der Waals surface area contributed by atoms with Gasteiger partial charge in [-0.3, -0.25) is 9.59 Å². The molecule has 3 rings (SSSR count). The molecule has 2 atom stereocenters. The molecule has 6 nitrogen and oxygen atoms in total. The van der Waals surface area contributed by atoms with E-state index in [0.29, 0.717) is 19.6 Å². The van der Waals surface area contributed by atoms with Crippen LogP contribution < -0.4 is 10.5 Å². The number of likely N-dealkylation sites (N-methyl/N-ethyl adjacent to an activating group) is 1. The minimum absolute atomic E-state index is 0. The molecule has 1 aliphatic rings. The van der Waals surface area contributed by atoms with Gasteiger partial charge in [0.15, 0.2) is 0 Å². The Balaban J connectivity index is 0.00000280. The van der Waals surface area contributed by atoms with Gasteiger partial charge >= 0.3 is 5.97 Å². The van der Waals surface area contributed by atoms with Gasteiger partial charge in [0.05, 0.1) is 13.2 Å². The van der Waals surface area contributed by atoms with Gasteiger partial charge in [0.2, 0.25) is 5.91 Å². The second-order valence-electron chi connectivity index (χ2n) is 6.65. The number of halogens is 1. The van der Waals surface area contributed by atoms with Crippen LogP contribution in [-0.4, -0.2) is 43.6 Å². The van der Waals surface area contributed by atoms with Crippen LogP contribution in [0.5, 0.6) is 5.75 Å².